The summed E-state index contributed by atoms with van der Waals surface area (Å²) < 4.78 is 15.2. The third-order valence-electron chi connectivity index (χ3n) is 2.88. The minimum Gasteiger partial charge on any atom is -0.398 e. The molecule has 21 heavy (non-hydrogen) atoms. The van der Waals surface area contributed by atoms with Crippen LogP contribution in [0.2, 0.25) is 10.0 Å². The SMILES string of the molecule is Nc1cccc(-c2nnnn2-c2cc(Cl)ccc2F)c1Cl. The number of hydrogen-bond donors (Lipinski definition) is 1. The molecule has 0 spiro atoms. The summed E-state index contributed by atoms with van der Waals surface area (Å²) in [5.74, 6) is -0.235. The third kappa shape index (κ3) is 2.43. The van der Waals surface area contributed by atoms with Gasteiger partial charge in [0.1, 0.15) is 11.5 Å². The van der Waals surface area contributed by atoms with Crippen LogP contribution in [0, 0.1) is 5.82 Å². The van der Waals surface area contributed by atoms with Crippen LogP contribution < -0.4 is 5.73 Å². The molecule has 5 nitrogen and oxygen atoms in total. The summed E-state index contributed by atoms with van der Waals surface area (Å²) >= 11 is 12.1. The molecule has 1 aromatic heterocycles. The maximum absolute atomic E-state index is 14.0. The van der Waals surface area contributed by atoms with Crippen molar-refractivity contribution in [2.75, 3.05) is 5.73 Å². The Hall–Kier alpha value is -2.18. The first kappa shape index (κ1) is 13.8. The quantitative estimate of drug-likeness (QED) is 0.734. The maximum Gasteiger partial charge on any atom is 0.188 e. The Morgan fingerprint density at radius 1 is 1.14 bits per heavy atom. The number of hydrogen-bond acceptors (Lipinski definition) is 4. The van der Waals surface area contributed by atoms with Crippen LogP contribution in [0.3, 0.4) is 0 Å². The normalized spacial score (nSPS) is 10.8. The van der Waals surface area contributed by atoms with Gasteiger partial charge >= 0.3 is 0 Å². The Labute approximate surface area is 129 Å². The zero-order valence-electron chi connectivity index (χ0n) is 10.5. The van der Waals surface area contributed by atoms with Crippen LogP contribution in [0.4, 0.5) is 10.1 Å². The summed E-state index contributed by atoms with van der Waals surface area (Å²) in [7, 11) is 0. The molecule has 3 aromatic rings. The molecule has 3 rings (SSSR count). The number of tetrazole rings is 1. The van der Waals surface area contributed by atoms with Crippen LogP contribution in [-0.4, -0.2) is 20.2 Å². The number of nitrogens with two attached hydrogens (primary N) is 1. The molecule has 0 amide bonds. The van der Waals surface area contributed by atoms with Gasteiger partial charge in [0, 0.05) is 10.6 Å². The fourth-order valence-corrected chi connectivity index (χ4v) is 2.26. The van der Waals surface area contributed by atoms with Gasteiger partial charge in [-0.15, -0.1) is 5.10 Å². The smallest absolute Gasteiger partial charge is 0.188 e. The van der Waals surface area contributed by atoms with Gasteiger partial charge in [-0.1, -0.05) is 29.3 Å². The minimum absolute atomic E-state index is 0.126. The van der Waals surface area contributed by atoms with Crippen molar-refractivity contribution in [2.24, 2.45) is 0 Å². The van der Waals surface area contributed by atoms with E-state index in [9.17, 15) is 4.39 Å². The van der Waals surface area contributed by atoms with E-state index in [1.807, 2.05) is 0 Å². The average Bonchev–Trinajstić information content (AvgIpc) is 2.93. The van der Waals surface area contributed by atoms with E-state index in [0.29, 0.717) is 21.3 Å². The van der Waals surface area contributed by atoms with Crippen LogP contribution >= 0.6 is 23.2 Å². The molecule has 1 heterocycles. The van der Waals surface area contributed by atoms with E-state index in [-0.39, 0.29) is 11.5 Å². The fourth-order valence-electron chi connectivity index (χ4n) is 1.89. The summed E-state index contributed by atoms with van der Waals surface area (Å²) in [6.07, 6.45) is 0. The van der Waals surface area contributed by atoms with Crippen molar-refractivity contribution in [1.82, 2.24) is 20.2 Å². The minimum atomic E-state index is -0.507. The highest BCUT2D eigenvalue weighted by molar-refractivity contribution is 6.35. The van der Waals surface area contributed by atoms with E-state index in [1.165, 1.54) is 22.9 Å². The molecule has 0 saturated heterocycles. The first-order chi connectivity index (χ1) is 10.1. The molecule has 0 fully saturated rings. The standard InChI is InChI=1S/C13H8Cl2FN5/c14-7-4-5-9(16)11(6-7)21-13(18-19-20-21)8-2-1-3-10(17)12(8)15/h1-6H,17H2. The molecule has 0 unspecified atom stereocenters. The van der Waals surface area contributed by atoms with E-state index in [0.717, 1.165) is 0 Å². The topological polar surface area (TPSA) is 69.6 Å². The Morgan fingerprint density at radius 3 is 2.76 bits per heavy atom. The first-order valence-corrected chi connectivity index (χ1v) is 6.61. The summed E-state index contributed by atoms with van der Waals surface area (Å²) in [5.41, 5.74) is 6.78. The number of halogens is 3. The van der Waals surface area contributed by atoms with Crippen LogP contribution in [0.5, 0.6) is 0 Å². The molecule has 0 aliphatic rings. The van der Waals surface area contributed by atoms with Gasteiger partial charge in [0.2, 0.25) is 0 Å². The molecule has 0 aliphatic carbocycles. The van der Waals surface area contributed by atoms with Gasteiger partial charge in [0.15, 0.2) is 5.82 Å². The second kappa shape index (κ2) is 5.31. The van der Waals surface area contributed by atoms with Gasteiger partial charge < -0.3 is 5.73 Å². The number of anilines is 1. The van der Waals surface area contributed by atoms with E-state index in [1.54, 1.807) is 18.2 Å². The van der Waals surface area contributed by atoms with E-state index in [4.69, 9.17) is 28.9 Å². The Bertz CT molecular complexity index is 802. The van der Waals surface area contributed by atoms with Crippen LogP contribution in [0.15, 0.2) is 36.4 Å². The van der Waals surface area contributed by atoms with Crippen molar-refractivity contribution in [1.29, 1.82) is 0 Å². The van der Waals surface area contributed by atoms with Crippen LogP contribution in [0.1, 0.15) is 0 Å². The lowest BCUT2D eigenvalue weighted by atomic mass is 10.2. The van der Waals surface area contributed by atoms with Gasteiger partial charge in [-0.25, -0.2) is 4.39 Å². The van der Waals surface area contributed by atoms with Crippen molar-refractivity contribution < 1.29 is 4.39 Å². The molecule has 0 bridgehead atoms. The monoisotopic (exact) mass is 323 g/mol. The van der Waals surface area contributed by atoms with Crippen molar-refractivity contribution in [2.45, 2.75) is 0 Å². The number of nitrogen functional groups attached to an aromatic ring is 1. The van der Waals surface area contributed by atoms with Crippen LogP contribution in [0.25, 0.3) is 17.1 Å². The van der Waals surface area contributed by atoms with Crippen molar-refractivity contribution in [3.8, 4) is 17.1 Å². The zero-order valence-corrected chi connectivity index (χ0v) is 12.0. The highest BCUT2D eigenvalue weighted by Gasteiger charge is 2.17. The molecular formula is C13H8Cl2FN5. The zero-order chi connectivity index (χ0) is 15.0. The molecule has 106 valence electrons. The maximum atomic E-state index is 14.0. The van der Waals surface area contributed by atoms with E-state index < -0.39 is 5.82 Å². The Kier molecular flexibility index (Phi) is 3.48. The predicted octanol–water partition coefficient (Wildman–Crippen LogP) is 3.36. The number of aromatic nitrogens is 4. The Balaban J connectivity index is 2.22. The van der Waals surface area contributed by atoms with Gasteiger partial charge in [-0.3, -0.25) is 0 Å². The lowest BCUT2D eigenvalue weighted by Gasteiger charge is -2.08. The molecule has 0 saturated carbocycles. The van der Waals surface area contributed by atoms with Gasteiger partial charge in [0.05, 0.1) is 10.7 Å². The van der Waals surface area contributed by atoms with E-state index in [2.05, 4.69) is 15.5 Å². The number of benzene rings is 2. The molecule has 0 aliphatic heterocycles. The summed E-state index contributed by atoms with van der Waals surface area (Å²) in [4.78, 5) is 0. The van der Waals surface area contributed by atoms with Crippen molar-refractivity contribution >= 4 is 28.9 Å². The fraction of sp³-hybridized carbons (Fsp3) is 0. The molecule has 0 radical (unpaired) electrons. The van der Waals surface area contributed by atoms with Gasteiger partial charge in [0.25, 0.3) is 0 Å². The van der Waals surface area contributed by atoms with Gasteiger partial charge in [-0.2, -0.15) is 4.68 Å². The van der Waals surface area contributed by atoms with Crippen LogP contribution in [-0.2, 0) is 0 Å². The summed E-state index contributed by atoms with van der Waals surface area (Å²) in [6.45, 7) is 0. The third-order valence-corrected chi connectivity index (χ3v) is 3.53. The Morgan fingerprint density at radius 2 is 1.95 bits per heavy atom. The number of rotatable bonds is 2. The highest BCUT2D eigenvalue weighted by atomic mass is 35.5. The lowest BCUT2D eigenvalue weighted by Crippen LogP contribution is -2.03. The van der Waals surface area contributed by atoms with Crippen molar-refractivity contribution in [3.63, 3.8) is 0 Å². The summed E-state index contributed by atoms with van der Waals surface area (Å²) in [6, 6.07) is 9.17. The number of nitrogens with zero attached hydrogens (tertiary/aromatic N) is 4. The molecule has 2 aromatic carbocycles. The lowest BCUT2D eigenvalue weighted by molar-refractivity contribution is 0.608. The summed E-state index contributed by atoms with van der Waals surface area (Å²) in [5, 5.41) is 11.9. The van der Waals surface area contributed by atoms with Crippen molar-refractivity contribution in [3.05, 3.63) is 52.3 Å². The molecule has 8 heteroatoms. The van der Waals surface area contributed by atoms with Gasteiger partial charge in [-0.05, 0) is 40.8 Å². The predicted molar refractivity (Wildman–Crippen MR) is 79.0 cm³/mol. The molecular weight excluding hydrogens is 316 g/mol. The largest absolute Gasteiger partial charge is 0.398 e. The second-order valence-corrected chi connectivity index (χ2v) is 5.03. The van der Waals surface area contributed by atoms with E-state index >= 15 is 0 Å². The first-order valence-electron chi connectivity index (χ1n) is 5.86. The average molecular weight is 324 g/mol. The second-order valence-electron chi connectivity index (χ2n) is 4.22. The molecule has 0 atom stereocenters. The molecule has 2 N–H and O–H groups in total. The highest BCUT2D eigenvalue weighted by Crippen LogP contribution is 2.32.